The summed E-state index contributed by atoms with van der Waals surface area (Å²) in [6.07, 6.45) is 0. The lowest BCUT2D eigenvalue weighted by molar-refractivity contribution is 0.0950. The molecule has 0 bridgehead atoms. The molecular weight excluding hydrogens is 351 g/mol. The first-order valence-electron chi connectivity index (χ1n) is 8.51. The number of hydrogen-bond acceptors (Lipinski definition) is 5. The van der Waals surface area contributed by atoms with Crippen molar-refractivity contribution in [3.63, 3.8) is 0 Å². The van der Waals surface area contributed by atoms with Crippen molar-refractivity contribution in [2.75, 3.05) is 13.2 Å². The quantitative estimate of drug-likeness (QED) is 0.763. The molecule has 138 valence electrons. The zero-order chi connectivity index (χ0) is 18.8. The molecule has 1 N–H and O–H groups in total. The summed E-state index contributed by atoms with van der Waals surface area (Å²) < 4.78 is 29.4. The number of rotatable bonds is 4. The highest BCUT2D eigenvalue weighted by Crippen LogP contribution is 2.31. The number of fused-ring (bicyclic) bond motifs is 1. The number of carbonyl (C=O) groups is 1. The summed E-state index contributed by atoms with van der Waals surface area (Å²) >= 11 is 0. The highest BCUT2D eigenvalue weighted by atomic mass is 19.1. The second-order valence-corrected chi connectivity index (χ2v) is 6.13. The van der Waals surface area contributed by atoms with Gasteiger partial charge in [-0.05, 0) is 48.9 Å². The summed E-state index contributed by atoms with van der Waals surface area (Å²) in [5, 5.41) is 6.82. The third kappa shape index (κ3) is 3.48. The second kappa shape index (κ2) is 7.11. The number of aromatic nitrogens is 1. The molecule has 1 aliphatic rings. The number of nitrogens with one attached hydrogen (secondary N) is 1. The normalized spacial score (nSPS) is 12.7. The minimum Gasteiger partial charge on any atom is -0.486 e. The summed E-state index contributed by atoms with van der Waals surface area (Å²) in [7, 11) is 0. The number of halogens is 1. The van der Waals surface area contributed by atoms with E-state index in [0.717, 1.165) is 5.56 Å². The maximum absolute atomic E-state index is 13.2. The fourth-order valence-electron chi connectivity index (χ4n) is 2.91. The van der Waals surface area contributed by atoms with Gasteiger partial charge in [0.2, 0.25) is 0 Å². The molecule has 0 unspecified atom stereocenters. The maximum Gasteiger partial charge on any atom is 0.257 e. The molecule has 1 amide bonds. The molecule has 27 heavy (non-hydrogen) atoms. The van der Waals surface area contributed by atoms with Crippen molar-refractivity contribution >= 4 is 5.91 Å². The zero-order valence-corrected chi connectivity index (χ0v) is 14.6. The van der Waals surface area contributed by atoms with E-state index in [1.165, 1.54) is 12.1 Å². The van der Waals surface area contributed by atoms with Gasteiger partial charge in [-0.25, -0.2) is 4.39 Å². The van der Waals surface area contributed by atoms with Gasteiger partial charge >= 0.3 is 0 Å². The van der Waals surface area contributed by atoms with E-state index < -0.39 is 0 Å². The van der Waals surface area contributed by atoms with Crippen molar-refractivity contribution in [1.29, 1.82) is 0 Å². The average molecular weight is 368 g/mol. The monoisotopic (exact) mass is 368 g/mol. The Morgan fingerprint density at radius 2 is 1.85 bits per heavy atom. The minimum atomic E-state index is -0.358. The summed E-state index contributed by atoms with van der Waals surface area (Å²) in [6.45, 7) is 3.01. The molecule has 0 spiro atoms. The molecule has 0 fully saturated rings. The van der Waals surface area contributed by atoms with Gasteiger partial charge in [0, 0.05) is 12.1 Å². The van der Waals surface area contributed by atoms with Crippen molar-refractivity contribution < 1.29 is 23.2 Å². The van der Waals surface area contributed by atoms with Gasteiger partial charge in [-0.3, -0.25) is 4.79 Å². The summed E-state index contributed by atoms with van der Waals surface area (Å²) in [4.78, 5) is 12.7. The van der Waals surface area contributed by atoms with Gasteiger partial charge in [0.25, 0.3) is 5.91 Å². The van der Waals surface area contributed by atoms with Crippen LogP contribution in [0.3, 0.4) is 0 Å². The lowest BCUT2D eigenvalue weighted by Gasteiger charge is -2.19. The first-order chi connectivity index (χ1) is 13.1. The van der Waals surface area contributed by atoms with Crippen molar-refractivity contribution in [2.45, 2.75) is 13.5 Å². The number of benzene rings is 2. The SMILES string of the molecule is Cc1onc(-c2ccc(F)cc2)c1C(=O)NCc1ccc2c(c1)OCCO2. The fourth-order valence-corrected chi connectivity index (χ4v) is 2.91. The van der Waals surface area contributed by atoms with Crippen molar-refractivity contribution in [3.05, 3.63) is 65.2 Å². The topological polar surface area (TPSA) is 73.6 Å². The number of ether oxygens (including phenoxy) is 2. The molecule has 7 heteroatoms. The van der Waals surface area contributed by atoms with Crippen molar-refractivity contribution in [2.24, 2.45) is 0 Å². The lowest BCUT2D eigenvalue weighted by Crippen LogP contribution is -2.24. The van der Waals surface area contributed by atoms with Crippen LogP contribution in [0.4, 0.5) is 4.39 Å². The Labute approximate surface area is 154 Å². The van der Waals surface area contributed by atoms with Crippen molar-refractivity contribution in [3.8, 4) is 22.8 Å². The van der Waals surface area contributed by atoms with Gasteiger partial charge in [0.05, 0.1) is 0 Å². The smallest absolute Gasteiger partial charge is 0.257 e. The molecule has 2 heterocycles. The van der Waals surface area contributed by atoms with Crippen LogP contribution in [0.1, 0.15) is 21.7 Å². The average Bonchev–Trinajstić information content (AvgIpc) is 3.08. The minimum absolute atomic E-state index is 0.308. The highest BCUT2D eigenvalue weighted by molar-refractivity contribution is 6.00. The van der Waals surface area contributed by atoms with Crippen LogP contribution in [0.15, 0.2) is 47.0 Å². The van der Waals surface area contributed by atoms with Gasteiger partial charge in [0.15, 0.2) is 11.5 Å². The number of amides is 1. The molecule has 1 aliphatic heterocycles. The van der Waals surface area contributed by atoms with Crippen LogP contribution in [0.5, 0.6) is 11.5 Å². The first kappa shape index (κ1) is 17.1. The lowest BCUT2D eigenvalue weighted by atomic mass is 10.1. The number of nitrogens with zero attached hydrogens (tertiary/aromatic N) is 1. The molecule has 3 aromatic rings. The Morgan fingerprint density at radius 1 is 1.11 bits per heavy atom. The van der Waals surface area contributed by atoms with Crippen LogP contribution in [-0.2, 0) is 6.54 Å². The number of aryl methyl sites for hydroxylation is 1. The van der Waals surface area contributed by atoms with E-state index >= 15 is 0 Å². The predicted octanol–water partition coefficient (Wildman–Crippen LogP) is 3.49. The predicted molar refractivity (Wildman–Crippen MR) is 95.2 cm³/mol. The zero-order valence-electron chi connectivity index (χ0n) is 14.6. The Bertz CT molecular complexity index is 982. The van der Waals surface area contributed by atoms with E-state index in [-0.39, 0.29) is 11.7 Å². The molecule has 0 saturated carbocycles. The molecule has 4 rings (SSSR count). The van der Waals surface area contributed by atoms with Crippen LogP contribution in [0, 0.1) is 12.7 Å². The molecular formula is C20H17FN2O4. The highest BCUT2D eigenvalue weighted by Gasteiger charge is 2.21. The van der Waals surface area contributed by atoms with Crippen LogP contribution in [0.25, 0.3) is 11.3 Å². The van der Waals surface area contributed by atoms with E-state index in [4.69, 9.17) is 14.0 Å². The molecule has 2 aromatic carbocycles. The Morgan fingerprint density at radius 3 is 2.63 bits per heavy atom. The van der Waals surface area contributed by atoms with Gasteiger partial charge in [-0.15, -0.1) is 0 Å². The summed E-state index contributed by atoms with van der Waals surface area (Å²) in [5.74, 6) is 1.09. The largest absolute Gasteiger partial charge is 0.486 e. The molecule has 0 radical (unpaired) electrons. The molecule has 0 aliphatic carbocycles. The van der Waals surface area contributed by atoms with E-state index in [9.17, 15) is 9.18 Å². The van der Waals surface area contributed by atoms with Gasteiger partial charge in [0.1, 0.15) is 36.0 Å². The first-order valence-corrected chi connectivity index (χ1v) is 8.51. The second-order valence-electron chi connectivity index (χ2n) is 6.13. The van der Waals surface area contributed by atoms with E-state index in [2.05, 4.69) is 10.5 Å². The van der Waals surface area contributed by atoms with Gasteiger partial charge in [-0.1, -0.05) is 11.2 Å². The molecule has 6 nitrogen and oxygen atoms in total. The van der Waals surface area contributed by atoms with Crippen LogP contribution in [-0.4, -0.2) is 24.3 Å². The standard InChI is InChI=1S/C20H17FN2O4/c1-12-18(19(23-27-12)14-3-5-15(21)6-4-14)20(24)22-11-13-2-7-16-17(10-13)26-9-8-25-16/h2-7,10H,8-9,11H2,1H3,(H,22,24). The summed E-state index contributed by atoms with van der Waals surface area (Å²) in [6, 6.07) is 11.3. The Kier molecular flexibility index (Phi) is 4.50. The Hall–Kier alpha value is -3.35. The van der Waals surface area contributed by atoms with Gasteiger partial charge < -0.3 is 19.3 Å². The van der Waals surface area contributed by atoms with Gasteiger partial charge in [-0.2, -0.15) is 0 Å². The van der Waals surface area contributed by atoms with Crippen LogP contribution in [0.2, 0.25) is 0 Å². The summed E-state index contributed by atoms with van der Waals surface area (Å²) in [5.41, 5.74) is 2.20. The maximum atomic E-state index is 13.2. The van der Waals surface area contributed by atoms with Crippen molar-refractivity contribution in [1.82, 2.24) is 10.5 Å². The van der Waals surface area contributed by atoms with E-state index in [0.29, 0.717) is 53.8 Å². The number of hydrogen-bond donors (Lipinski definition) is 1. The molecule has 0 saturated heterocycles. The fraction of sp³-hybridized carbons (Fsp3) is 0.200. The van der Waals surface area contributed by atoms with E-state index in [1.807, 2.05) is 18.2 Å². The van der Waals surface area contributed by atoms with E-state index in [1.54, 1.807) is 19.1 Å². The molecule has 1 aromatic heterocycles. The third-order valence-electron chi connectivity index (χ3n) is 4.27. The third-order valence-corrected chi connectivity index (χ3v) is 4.27. The van der Waals surface area contributed by atoms with Crippen LogP contribution < -0.4 is 14.8 Å². The Balaban J connectivity index is 1.52. The van der Waals surface area contributed by atoms with Crippen LogP contribution >= 0.6 is 0 Å². The number of carbonyl (C=O) groups excluding carboxylic acids is 1. The molecule has 0 atom stereocenters.